The van der Waals surface area contributed by atoms with Crippen molar-refractivity contribution in [1.82, 2.24) is 19.1 Å². The second-order valence-corrected chi connectivity index (χ2v) is 5.68. The summed E-state index contributed by atoms with van der Waals surface area (Å²) in [7, 11) is 3.07. The lowest BCUT2D eigenvalue weighted by Gasteiger charge is -2.00. The summed E-state index contributed by atoms with van der Waals surface area (Å²) in [6, 6.07) is 9.99. The predicted molar refractivity (Wildman–Crippen MR) is 82.6 cm³/mol. The molecule has 0 aliphatic carbocycles. The van der Waals surface area contributed by atoms with Crippen LogP contribution in [0.15, 0.2) is 45.1 Å². The van der Waals surface area contributed by atoms with E-state index in [0.717, 1.165) is 10.3 Å². The van der Waals surface area contributed by atoms with Crippen LogP contribution in [-0.2, 0) is 19.8 Å². The minimum absolute atomic E-state index is 0.354. The Balaban J connectivity index is 1.99. The van der Waals surface area contributed by atoms with Crippen molar-refractivity contribution in [3.05, 3.63) is 56.7 Å². The molecule has 0 amide bonds. The summed E-state index contributed by atoms with van der Waals surface area (Å²) >= 11 is 1.50. The van der Waals surface area contributed by atoms with Crippen LogP contribution in [0.25, 0.3) is 11.2 Å². The first-order valence-electron chi connectivity index (χ1n) is 6.40. The molecular formula is C14H14N4O2S. The summed E-state index contributed by atoms with van der Waals surface area (Å²) in [5.74, 6) is 0.745. The summed E-state index contributed by atoms with van der Waals surface area (Å²) in [6.45, 7) is 0. The number of hydrogen-bond acceptors (Lipinski definition) is 4. The Labute approximate surface area is 124 Å². The normalized spacial score (nSPS) is 11.1. The molecule has 0 unspecified atom stereocenters. The molecule has 3 aromatic rings. The third-order valence-corrected chi connectivity index (χ3v) is 4.24. The van der Waals surface area contributed by atoms with Crippen molar-refractivity contribution in [2.45, 2.75) is 10.9 Å². The van der Waals surface area contributed by atoms with Crippen LogP contribution in [0.1, 0.15) is 5.56 Å². The number of aryl methyl sites for hydroxylation is 1. The van der Waals surface area contributed by atoms with E-state index in [1.165, 1.54) is 28.9 Å². The molecule has 1 aromatic carbocycles. The second-order valence-electron chi connectivity index (χ2n) is 4.72. The van der Waals surface area contributed by atoms with Crippen LogP contribution >= 0.6 is 11.8 Å². The van der Waals surface area contributed by atoms with E-state index in [4.69, 9.17) is 0 Å². The highest BCUT2D eigenvalue weighted by Gasteiger charge is 2.13. The van der Waals surface area contributed by atoms with E-state index in [1.807, 2.05) is 30.3 Å². The van der Waals surface area contributed by atoms with Crippen molar-refractivity contribution in [3.8, 4) is 0 Å². The van der Waals surface area contributed by atoms with Gasteiger partial charge in [0, 0.05) is 19.8 Å². The van der Waals surface area contributed by atoms with Crippen LogP contribution in [0.3, 0.4) is 0 Å². The highest BCUT2D eigenvalue weighted by molar-refractivity contribution is 7.98. The van der Waals surface area contributed by atoms with Gasteiger partial charge in [-0.3, -0.25) is 13.9 Å². The smallest absolute Gasteiger partial charge is 0.327 e. The summed E-state index contributed by atoms with van der Waals surface area (Å²) in [5.41, 5.74) is 1.18. The van der Waals surface area contributed by atoms with E-state index in [-0.39, 0.29) is 11.2 Å². The number of fused-ring (bicyclic) bond motifs is 1. The molecular weight excluding hydrogens is 288 g/mol. The molecule has 0 aliphatic rings. The van der Waals surface area contributed by atoms with Gasteiger partial charge in [0.1, 0.15) is 0 Å². The fourth-order valence-corrected chi connectivity index (χ4v) is 2.92. The van der Waals surface area contributed by atoms with E-state index in [0.29, 0.717) is 16.3 Å². The number of thioether (sulfide) groups is 1. The van der Waals surface area contributed by atoms with E-state index >= 15 is 0 Å². The molecule has 2 heterocycles. The zero-order valence-electron chi connectivity index (χ0n) is 11.7. The van der Waals surface area contributed by atoms with Crippen molar-refractivity contribution in [2.24, 2.45) is 14.1 Å². The lowest BCUT2D eigenvalue weighted by molar-refractivity contribution is 0.708. The Morgan fingerprint density at radius 2 is 1.86 bits per heavy atom. The van der Waals surface area contributed by atoms with Gasteiger partial charge in [-0.15, -0.1) is 0 Å². The van der Waals surface area contributed by atoms with Gasteiger partial charge >= 0.3 is 5.69 Å². The van der Waals surface area contributed by atoms with Crippen LogP contribution in [0.2, 0.25) is 0 Å². The largest absolute Gasteiger partial charge is 0.332 e. The van der Waals surface area contributed by atoms with Gasteiger partial charge in [0.15, 0.2) is 16.3 Å². The van der Waals surface area contributed by atoms with Gasteiger partial charge in [-0.05, 0) is 5.56 Å². The van der Waals surface area contributed by atoms with Crippen molar-refractivity contribution in [2.75, 3.05) is 0 Å². The molecule has 1 N–H and O–H groups in total. The average molecular weight is 302 g/mol. The molecule has 0 spiro atoms. The number of imidazole rings is 1. The summed E-state index contributed by atoms with van der Waals surface area (Å²) in [4.78, 5) is 31.3. The molecule has 0 fully saturated rings. The van der Waals surface area contributed by atoms with Crippen LogP contribution in [0.5, 0.6) is 0 Å². The fourth-order valence-electron chi connectivity index (χ4n) is 2.10. The quantitative estimate of drug-likeness (QED) is 0.739. The zero-order valence-corrected chi connectivity index (χ0v) is 12.5. The molecule has 2 aromatic heterocycles. The predicted octanol–water partition coefficient (Wildman–Crippen LogP) is 1.25. The molecule has 21 heavy (non-hydrogen) atoms. The third kappa shape index (κ3) is 2.40. The molecule has 0 saturated heterocycles. The van der Waals surface area contributed by atoms with Gasteiger partial charge in [-0.1, -0.05) is 42.1 Å². The number of nitrogens with one attached hydrogen (secondary N) is 1. The number of rotatable bonds is 3. The minimum Gasteiger partial charge on any atom is -0.327 e. The zero-order chi connectivity index (χ0) is 15.0. The van der Waals surface area contributed by atoms with Gasteiger partial charge < -0.3 is 4.98 Å². The SMILES string of the molecule is Cn1c(=O)c2[nH]c(SCc3ccccc3)nc2n(C)c1=O. The number of nitrogens with zero attached hydrogens (tertiary/aromatic N) is 3. The van der Waals surface area contributed by atoms with Crippen molar-refractivity contribution in [3.63, 3.8) is 0 Å². The monoisotopic (exact) mass is 302 g/mol. The number of benzene rings is 1. The summed E-state index contributed by atoms with van der Waals surface area (Å²) in [5, 5.41) is 0.632. The molecule has 0 radical (unpaired) electrons. The maximum atomic E-state index is 12.1. The second kappa shape index (κ2) is 5.25. The standard InChI is InChI=1S/C14H14N4O2S/c1-17-11-10(12(19)18(2)14(17)20)15-13(16-11)21-8-9-6-4-3-5-7-9/h3-7H,8H2,1-2H3,(H,15,16). The first-order chi connectivity index (χ1) is 10.1. The molecule has 0 atom stereocenters. The summed E-state index contributed by atoms with van der Waals surface area (Å²) in [6.07, 6.45) is 0. The fraction of sp³-hybridized carbons (Fsp3) is 0.214. The van der Waals surface area contributed by atoms with E-state index in [9.17, 15) is 9.59 Å². The highest BCUT2D eigenvalue weighted by Crippen LogP contribution is 2.21. The molecule has 0 saturated carbocycles. The highest BCUT2D eigenvalue weighted by atomic mass is 32.2. The van der Waals surface area contributed by atoms with E-state index in [2.05, 4.69) is 9.97 Å². The number of aromatic amines is 1. The summed E-state index contributed by atoms with van der Waals surface area (Å²) < 4.78 is 2.45. The van der Waals surface area contributed by atoms with Gasteiger partial charge in [-0.25, -0.2) is 9.78 Å². The molecule has 0 bridgehead atoms. The van der Waals surface area contributed by atoms with E-state index in [1.54, 1.807) is 7.05 Å². The molecule has 108 valence electrons. The first kappa shape index (κ1) is 13.7. The minimum atomic E-state index is -0.376. The topological polar surface area (TPSA) is 72.7 Å². The Morgan fingerprint density at radius 1 is 1.14 bits per heavy atom. The number of H-pyrrole nitrogens is 1. The Bertz CT molecular complexity index is 908. The van der Waals surface area contributed by atoms with Gasteiger partial charge in [0.05, 0.1) is 0 Å². The Kier molecular flexibility index (Phi) is 3.42. The van der Waals surface area contributed by atoms with Crippen molar-refractivity contribution >= 4 is 22.9 Å². The number of aromatic nitrogens is 4. The van der Waals surface area contributed by atoms with Crippen molar-refractivity contribution < 1.29 is 0 Å². The molecule has 7 heteroatoms. The van der Waals surface area contributed by atoms with Gasteiger partial charge in [-0.2, -0.15) is 0 Å². The lowest BCUT2D eigenvalue weighted by atomic mass is 10.2. The van der Waals surface area contributed by atoms with E-state index < -0.39 is 0 Å². The van der Waals surface area contributed by atoms with Crippen molar-refractivity contribution in [1.29, 1.82) is 0 Å². The third-order valence-electron chi connectivity index (χ3n) is 3.29. The maximum Gasteiger partial charge on any atom is 0.332 e. The van der Waals surface area contributed by atoms with Gasteiger partial charge in [0.2, 0.25) is 0 Å². The Morgan fingerprint density at radius 3 is 2.57 bits per heavy atom. The van der Waals surface area contributed by atoms with Crippen LogP contribution in [0, 0.1) is 0 Å². The van der Waals surface area contributed by atoms with Crippen LogP contribution in [-0.4, -0.2) is 19.1 Å². The lowest BCUT2D eigenvalue weighted by Crippen LogP contribution is -2.36. The Hall–Kier alpha value is -2.28. The molecule has 3 rings (SSSR count). The molecule has 0 aliphatic heterocycles. The first-order valence-corrected chi connectivity index (χ1v) is 7.39. The molecule has 6 nitrogen and oxygen atoms in total. The maximum absolute atomic E-state index is 12.1. The van der Waals surface area contributed by atoms with Crippen LogP contribution < -0.4 is 11.2 Å². The van der Waals surface area contributed by atoms with Gasteiger partial charge in [0.25, 0.3) is 5.56 Å². The van der Waals surface area contributed by atoms with Crippen LogP contribution in [0.4, 0.5) is 0 Å². The average Bonchev–Trinajstić information content (AvgIpc) is 2.94. The number of hydrogen-bond donors (Lipinski definition) is 1.